The molecule has 1 saturated heterocycles. The topological polar surface area (TPSA) is 90.0 Å². The summed E-state index contributed by atoms with van der Waals surface area (Å²) in [5.41, 5.74) is 1.79. The fraction of sp³-hybridized carbons (Fsp3) is 0.360. The number of hydrogen-bond acceptors (Lipinski definition) is 6. The van der Waals surface area contributed by atoms with Gasteiger partial charge < -0.3 is 14.4 Å². The minimum atomic E-state index is -4.09. The Morgan fingerprint density at radius 2 is 1.79 bits per heavy atom. The van der Waals surface area contributed by atoms with Gasteiger partial charge in [-0.1, -0.05) is 54.1 Å². The molecule has 2 aromatic rings. The van der Waals surface area contributed by atoms with Crippen molar-refractivity contribution in [1.29, 1.82) is 0 Å². The average Bonchev–Trinajstić information content (AvgIpc) is 3.07. The zero-order valence-corrected chi connectivity index (χ0v) is 19.7. The minimum absolute atomic E-state index is 0.0252. The minimum Gasteiger partial charge on any atom is -0.464 e. The van der Waals surface area contributed by atoms with E-state index in [9.17, 15) is 18.0 Å². The molecule has 3 rings (SSSR count). The predicted octanol–water partition coefficient (Wildman–Crippen LogP) is 2.93. The van der Waals surface area contributed by atoms with Crippen molar-refractivity contribution in [2.24, 2.45) is 5.92 Å². The first-order chi connectivity index (χ1) is 15.8. The number of carbonyl (C=O) groups is 2. The fourth-order valence-electron chi connectivity index (χ4n) is 4.06. The van der Waals surface area contributed by atoms with Crippen LogP contribution in [0.2, 0.25) is 0 Å². The second-order valence-corrected chi connectivity index (χ2v) is 9.99. The third kappa shape index (κ3) is 5.34. The zero-order chi connectivity index (χ0) is 24.0. The molecule has 0 bridgehead atoms. The summed E-state index contributed by atoms with van der Waals surface area (Å²) in [4.78, 5) is 27.5. The third-order valence-electron chi connectivity index (χ3n) is 5.62. The van der Waals surface area contributed by atoms with Gasteiger partial charge in [-0.15, -0.1) is 6.58 Å². The van der Waals surface area contributed by atoms with Crippen molar-refractivity contribution < 1.29 is 27.5 Å². The number of aryl methyl sites for hydroxylation is 1. The van der Waals surface area contributed by atoms with E-state index < -0.39 is 38.9 Å². The number of ether oxygens (including phenoxy) is 2. The predicted molar refractivity (Wildman–Crippen MR) is 124 cm³/mol. The Morgan fingerprint density at radius 3 is 2.39 bits per heavy atom. The maximum atomic E-state index is 13.6. The number of benzene rings is 2. The molecule has 0 aromatic heterocycles. The lowest BCUT2D eigenvalue weighted by atomic mass is 10.0. The Labute approximate surface area is 194 Å². The molecule has 176 valence electrons. The second kappa shape index (κ2) is 10.8. The van der Waals surface area contributed by atoms with Crippen LogP contribution in [-0.4, -0.2) is 56.2 Å². The zero-order valence-electron chi connectivity index (χ0n) is 18.8. The van der Waals surface area contributed by atoms with Crippen molar-refractivity contribution in [1.82, 2.24) is 4.90 Å². The van der Waals surface area contributed by atoms with Crippen molar-refractivity contribution in [3.8, 4) is 0 Å². The standard InChI is InChI=1S/C25H29NO6S/c1-4-15-26-22(25(28)32-5-2)21(17-31-16-19-9-7-6-8-10-19)23(24(26)27)33(29,30)20-13-11-18(3)12-14-20/h4,6-14,21-23H,1,5,15-17H2,2-3H3/t21-,22+,23+/m0/s1. The first-order valence-corrected chi connectivity index (χ1v) is 12.4. The maximum absolute atomic E-state index is 13.6. The summed E-state index contributed by atoms with van der Waals surface area (Å²) in [5, 5.41) is -1.47. The molecule has 0 spiro atoms. The highest BCUT2D eigenvalue weighted by Crippen LogP contribution is 2.35. The molecule has 2 aromatic carbocycles. The largest absolute Gasteiger partial charge is 0.464 e. The summed E-state index contributed by atoms with van der Waals surface area (Å²) in [7, 11) is -4.09. The van der Waals surface area contributed by atoms with Gasteiger partial charge in [0.1, 0.15) is 6.04 Å². The van der Waals surface area contributed by atoms with E-state index in [1.807, 2.05) is 37.3 Å². The van der Waals surface area contributed by atoms with Gasteiger partial charge in [-0.3, -0.25) is 4.79 Å². The van der Waals surface area contributed by atoms with E-state index in [4.69, 9.17) is 9.47 Å². The van der Waals surface area contributed by atoms with Crippen LogP contribution < -0.4 is 0 Å². The second-order valence-electron chi connectivity index (χ2n) is 7.92. The van der Waals surface area contributed by atoms with Crippen molar-refractivity contribution in [3.63, 3.8) is 0 Å². The van der Waals surface area contributed by atoms with Crippen LogP contribution >= 0.6 is 0 Å². The lowest BCUT2D eigenvalue weighted by Gasteiger charge is -2.25. The molecule has 0 radical (unpaired) electrons. The first-order valence-electron chi connectivity index (χ1n) is 10.8. The molecule has 1 aliphatic rings. The molecule has 1 aliphatic heterocycles. The Bertz CT molecular complexity index is 1080. The molecule has 8 heteroatoms. The van der Waals surface area contributed by atoms with Gasteiger partial charge in [-0.25, -0.2) is 13.2 Å². The molecule has 0 saturated carbocycles. The highest BCUT2D eigenvalue weighted by Gasteiger charge is 2.57. The summed E-state index contributed by atoms with van der Waals surface area (Å²) in [6.07, 6.45) is 1.47. The van der Waals surface area contributed by atoms with Gasteiger partial charge in [-0.2, -0.15) is 0 Å². The van der Waals surface area contributed by atoms with Gasteiger partial charge in [0.2, 0.25) is 5.91 Å². The van der Waals surface area contributed by atoms with Crippen LogP contribution in [-0.2, 0) is 35.5 Å². The van der Waals surface area contributed by atoms with Gasteiger partial charge in [0.25, 0.3) is 0 Å². The molecule has 1 amide bonds. The number of sulfone groups is 1. The first kappa shape index (κ1) is 24.7. The number of likely N-dealkylation sites (tertiary alicyclic amines) is 1. The van der Waals surface area contributed by atoms with Crippen LogP contribution in [0.1, 0.15) is 18.1 Å². The van der Waals surface area contributed by atoms with E-state index in [0.29, 0.717) is 0 Å². The molecule has 0 N–H and O–H groups in total. The van der Waals surface area contributed by atoms with E-state index in [1.54, 1.807) is 19.1 Å². The highest BCUT2D eigenvalue weighted by molar-refractivity contribution is 7.92. The number of nitrogens with zero attached hydrogens (tertiary/aromatic N) is 1. The Balaban J connectivity index is 1.98. The Kier molecular flexibility index (Phi) is 8.05. The number of rotatable bonds is 10. The van der Waals surface area contributed by atoms with E-state index in [0.717, 1.165) is 11.1 Å². The van der Waals surface area contributed by atoms with Crippen molar-refractivity contribution in [2.45, 2.75) is 36.6 Å². The summed E-state index contributed by atoms with van der Waals surface area (Å²) in [6.45, 7) is 7.41. The van der Waals surface area contributed by atoms with Crippen molar-refractivity contribution in [2.75, 3.05) is 19.8 Å². The molecular formula is C25H29NO6S. The number of carbonyl (C=O) groups excluding carboxylic acids is 2. The van der Waals surface area contributed by atoms with Crippen molar-refractivity contribution in [3.05, 3.63) is 78.4 Å². The summed E-state index contributed by atoms with van der Waals surface area (Å²) >= 11 is 0. The molecule has 7 nitrogen and oxygen atoms in total. The van der Waals surface area contributed by atoms with Crippen LogP contribution in [0.4, 0.5) is 0 Å². The van der Waals surface area contributed by atoms with Gasteiger partial charge in [-0.05, 0) is 31.5 Å². The van der Waals surface area contributed by atoms with Crippen LogP contribution in [0.5, 0.6) is 0 Å². The van der Waals surface area contributed by atoms with E-state index >= 15 is 0 Å². The summed E-state index contributed by atoms with van der Waals surface area (Å²) < 4.78 is 38.2. The summed E-state index contributed by atoms with van der Waals surface area (Å²) in [6, 6.07) is 14.6. The van der Waals surface area contributed by atoms with Gasteiger partial charge >= 0.3 is 5.97 Å². The smallest absolute Gasteiger partial charge is 0.329 e. The van der Waals surface area contributed by atoms with Gasteiger partial charge in [0.15, 0.2) is 15.1 Å². The van der Waals surface area contributed by atoms with Crippen LogP contribution in [0, 0.1) is 12.8 Å². The highest BCUT2D eigenvalue weighted by atomic mass is 32.2. The molecule has 33 heavy (non-hydrogen) atoms. The third-order valence-corrected chi connectivity index (χ3v) is 7.77. The lowest BCUT2D eigenvalue weighted by molar-refractivity contribution is -0.152. The van der Waals surface area contributed by atoms with Gasteiger partial charge in [0.05, 0.1) is 24.7 Å². The van der Waals surface area contributed by atoms with Crippen LogP contribution in [0.3, 0.4) is 0 Å². The monoisotopic (exact) mass is 471 g/mol. The quantitative estimate of drug-likeness (QED) is 0.391. The normalized spacial score (nSPS) is 20.6. The summed E-state index contributed by atoms with van der Waals surface area (Å²) in [5.74, 6) is -2.24. The molecule has 0 unspecified atom stereocenters. The Morgan fingerprint density at radius 1 is 1.12 bits per heavy atom. The number of amides is 1. The number of esters is 1. The SMILES string of the molecule is C=CCN1C(=O)[C@H](S(=O)(=O)c2ccc(C)cc2)[C@@H](COCc2ccccc2)[C@@H]1C(=O)OCC. The average molecular weight is 472 g/mol. The fourth-order valence-corrected chi connectivity index (χ4v) is 5.95. The van der Waals surface area contributed by atoms with E-state index in [-0.39, 0.29) is 31.3 Å². The van der Waals surface area contributed by atoms with Crippen LogP contribution in [0.15, 0.2) is 72.1 Å². The Hall–Kier alpha value is -2.97. The molecule has 1 fully saturated rings. The van der Waals surface area contributed by atoms with E-state index in [2.05, 4.69) is 6.58 Å². The van der Waals surface area contributed by atoms with E-state index in [1.165, 1.54) is 23.1 Å². The number of hydrogen-bond donors (Lipinski definition) is 0. The lowest BCUT2D eigenvalue weighted by Crippen LogP contribution is -2.43. The molecule has 3 atom stereocenters. The maximum Gasteiger partial charge on any atom is 0.329 e. The van der Waals surface area contributed by atoms with Gasteiger partial charge in [0, 0.05) is 12.5 Å². The van der Waals surface area contributed by atoms with Crippen molar-refractivity contribution >= 4 is 21.7 Å². The van der Waals surface area contributed by atoms with Crippen LogP contribution in [0.25, 0.3) is 0 Å². The molecule has 0 aliphatic carbocycles. The molecule has 1 heterocycles. The molecular weight excluding hydrogens is 442 g/mol.